The van der Waals surface area contributed by atoms with E-state index in [0.29, 0.717) is 17.1 Å². The number of carbonyl (C=O) groups is 3. The van der Waals surface area contributed by atoms with Gasteiger partial charge in [-0.3, -0.25) is 24.1 Å². The summed E-state index contributed by atoms with van der Waals surface area (Å²) >= 11 is 6.39. The topological polar surface area (TPSA) is 109 Å². The molecular formula is C33H25BrFN3O5S2. The van der Waals surface area contributed by atoms with Crippen LogP contribution in [0.5, 0.6) is 5.75 Å². The molecule has 0 unspecified atom stereocenters. The largest absolute Gasteiger partial charge is 0.483 e. The maximum atomic E-state index is 14.0. The number of aromatic nitrogens is 1. The first kappa shape index (κ1) is 28.7. The van der Waals surface area contributed by atoms with E-state index in [9.17, 15) is 23.6 Å². The van der Waals surface area contributed by atoms with Gasteiger partial charge in [-0.25, -0.2) is 4.39 Å². The van der Waals surface area contributed by atoms with Gasteiger partial charge in [0.2, 0.25) is 11.8 Å². The van der Waals surface area contributed by atoms with Gasteiger partial charge < -0.3 is 15.0 Å². The molecule has 228 valence electrons. The Morgan fingerprint density at radius 2 is 1.73 bits per heavy atom. The number of halogens is 2. The third-order valence-corrected chi connectivity index (χ3v) is 12.6. The van der Waals surface area contributed by atoms with Gasteiger partial charge in [-0.15, -0.1) is 11.8 Å². The lowest BCUT2D eigenvalue weighted by Gasteiger charge is -2.43. The van der Waals surface area contributed by atoms with Crippen LogP contribution in [0.2, 0.25) is 0 Å². The van der Waals surface area contributed by atoms with Gasteiger partial charge in [0, 0.05) is 31.8 Å². The summed E-state index contributed by atoms with van der Waals surface area (Å²) < 4.78 is 20.2. The minimum atomic E-state index is -0.428. The lowest BCUT2D eigenvalue weighted by atomic mass is 9.68. The molecular weight excluding hydrogens is 681 g/mol. The summed E-state index contributed by atoms with van der Waals surface area (Å²) in [5.74, 6) is -1.81. The summed E-state index contributed by atoms with van der Waals surface area (Å²) in [5.41, 5.74) is 1.86. The van der Waals surface area contributed by atoms with E-state index in [4.69, 9.17) is 4.74 Å². The SMILES string of the molecule is O=C(COc1ccc(Br)cc1[C@@H]1c2sc(=O)[nH]c2S[C@@H]2[C@@H]3C[C@@H]([C@@H]4C(=O)N(c5ccccc5)C(=O)[C@@H]34)[C@H]12)Nc1ccc(F)cc1. The summed E-state index contributed by atoms with van der Waals surface area (Å²) in [4.78, 5) is 58.4. The van der Waals surface area contributed by atoms with Crippen molar-refractivity contribution >= 4 is 68.1 Å². The number of fused-ring (bicyclic) bond motifs is 9. The quantitative estimate of drug-likeness (QED) is 0.237. The highest BCUT2D eigenvalue weighted by Crippen LogP contribution is 2.69. The lowest BCUT2D eigenvalue weighted by molar-refractivity contribution is -0.123. The molecule has 12 heteroatoms. The van der Waals surface area contributed by atoms with Crippen molar-refractivity contribution in [2.75, 3.05) is 16.8 Å². The van der Waals surface area contributed by atoms with Crippen molar-refractivity contribution in [3.8, 4) is 5.75 Å². The molecule has 3 heterocycles. The molecule has 8 nitrogen and oxygen atoms in total. The number of nitrogens with zero attached hydrogens (tertiary/aromatic N) is 1. The van der Waals surface area contributed by atoms with Crippen molar-refractivity contribution in [1.82, 2.24) is 4.98 Å². The van der Waals surface area contributed by atoms with Crippen LogP contribution in [-0.4, -0.2) is 34.6 Å². The normalized spacial score (nSPS) is 27.7. The highest BCUT2D eigenvalue weighted by Gasteiger charge is 2.69. The van der Waals surface area contributed by atoms with E-state index in [1.54, 1.807) is 30.0 Å². The van der Waals surface area contributed by atoms with E-state index in [-0.39, 0.29) is 52.2 Å². The van der Waals surface area contributed by atoms with Crippen molar-refractivity contribution in [2.24, 2.45) is 29.6 Å². The first-order valence-electron chi connectivity index (χ1n) is 14.6. The van der Waals surface area contributed by atoms with Gasteiger partial charge in [0.05, 0.1) is 22.5 Å². The highest BCUT2D eigenvalue weighted by molar-refractivity contribution is 9.10. The summed E-state index contributed by atoms with van der Waals surface area (Å²) in [6.07, 6.45) is 0.762. The molecule has 7 atom stereocenters. The maximum Gasteiger partial charge on any atom is 0.305 e. The fourth-order valence-corrected chi connectivity index (χ4v) is 11.2. The van der Waals surface area contributed by atoms with Gasteiger partial charge in [-0.05, 0) is 78.8 Å². The zero-order valence-electron chi connectivity index (χ0n) is 23.4. The van der Waals surface area contributed by atoms with Crippen molar-refractivity contribution in [2.45, 2.75) is 22.6 Å². The molecule has 2 saturated carbocycles. The maximum absolute atomic E-state index is 14.0. The van der Waals surface area contributed by atoms with E-state index in [1.807, 2.05) is 30.3 Å². The highest BCUT2D eigenvalue weighted by atomic mass is 79.9. The summed E-state index contributed by atoms with van der Waals surface area (Å²) in [5, 5.41) is 3.52. The molecule has 4 aromatic rings. The van der Waals surface area contributed by atoms with E-state index >= 15 is 0 Å². The van der Waals surface area contributed by atoms with Crippen molar-refractivity contribution < 1.29 is 23.5 Å². The molecule has 2 bridgehead atoms. The van der Waals surface area contributed by atoms with Crippen LogP contribution in [0.25, 0.3) is 0 Å². The van der Waals surface area contributed by atoms with Gasteiger partial charge in [0.1, 0.15) is 11.6 Å². The summed E-state index contributed by atoms with van der Waals surface area (Å²) in [7, 11) is 0. The molecule has 0 radical (unpaired) electrons. The van der Waals surface area contributed by atoms with Crippen LogP contribution in [-0.2, 0) is 14.4 Å². The number of anilines is 2. The van der Waals surface area contributed by atoms with Crippen molar-refractivity contribution in [1.29, 1.82) is 0 Å². The second-order valence-electron chi connectivity index (χ2n) is 11.8. The third kappa shape index (κ3) is 4.68. The second-order valence-corrected chi connectivity index (χ2v) is 15.0. The Hall–Kier alpha value is -3.74. The number of carbonyl (C=O) groups excluding carboxylic acids is 3. The van der Waals surface area contributed by atoms with Crippen LogP contribution in [0.15, 0.2) is 87.1 Å². The van der Waals surface area contributed by atoms with Gasteiger partial charge in [-0.1, -0.05) is 45.5 Å². The van der Waals surface area contributed by atoms with E-state index in [2.05, 4.69) is 26.2 Å². The van der Waals surface area contributed by atoms with Crippen LogP contribution >= 0.6 is 39.0 Å². The van der Waals surface area contributed by atoms with E-state index in [0.717, 1.165) is 37.7 Å². The van der Waals surface area contributed by atoms with Crippen LogP contribution in [0.4, 0.5) is 15.8 Å². The van der Waals surface area contributed by atoms with E-state index < -0.39 is 23.6 Å². The Kier molecular flexibility index (Phi) is 6.99. The van der Waals surface area contributed by atoms with E-state index in [1.165, 1.54) is 29.2 Å². The number of nitrogens with one attached hydrogen (secondary N) is 2. The van der Waals surface area contributed by atoms with Crippen LogP contribution in [0.1, 0.15) is 22.8 Å². The Morgan fingerprint density at radius 3 is 2.49 bits per heavy atom. The minimum Gasteiger partial charge on any atom is -0.483 e. The number of rotatable bonds is 6. The van der Waals surface area contributed by atoms with Gasteiger partial charge in [0.15, 0.2) is 6.61 Å². The Morgan fingerprint density at radius 1 is 1.00 bits per heavy atom. The summed E-state index contributed by atoms with van der Waals surface area (Å²) in [6, 6.07) is 20.2. The standard InChI is InChI=1S/C33H25BrFN3O5S2/c34-15-6-11-22(43-14-23(39)36-17-9-7-16(35)8-10-17)19(12-15)24-25-20-13-21(28(25)44-30-29(24)45-33(42)37-30)27-26(20)31(40)38(32(27)41)18-4-2-1-3-5-18/h1-12,20-21,24-28H,13-14H2,(H,36,39)(H,37,42)/t20-,21-,24+,25-,26+,27+,28-/m1/s1. The average Bonchev–Trinajstić information content (AvgIpc) is 3.77. The van der Waals surface area contributed by atoms with Crippen LogP contribution < -0.4 is 19.8 Å². The first-order chi connectivity index (χ1) is 21.8. The number of ether oxygens (including phenoxy) is 1. The molecule has 1 saturated heterocycles. The molecule has 2 aliphatic heterocycles. The molecule has 3 fully saturated rings. The predicted molar refractivity (Wildman–Crippen MR) is 172 cm³/mol. The third-order valence-electron chi connectivity index (χ3n) is 9.53. The fourth-order valence-electron chi connectivity index (χ4n) is 7.96. The number of hydrogen-bond acceptors (Lipinski definition) is 7. The number of imide groups is 1. The van der Waals surface area contributed by atoms with Crippen LogP contribution in [0.3, 0.4) is 0 Å². The van der Waals surface area contributed by atoms with Crippen LogP contribution in [0, 0.1) is 35.4 Å². The Bertz CT molecular complexity index is 1920. The molecule has 3 aromatic carbocycles. The number of H-pyrrole nitrogens is 1. The molecule has 1 aromatic heterocycles. The average molecular weight is 707 g/mol. The van der Waals surface area contributed by atoms with Gasteiger partial charge in [-0.2, -0.15) is 0 Å². The molecule has 2 aliphatic carbocycles. The number of amides is 3. The number of thiazole rings is 1. The lowest BCUT2D eigenvalue weighted by Crippen LogP contribution is -2.42. The number of hydrogen-bond donors (Lipinski definition) is 2. The Balaban J connectivity index is 1.14. The molecule has 4 aliphatic rings. The smallest absolute Gasteiger partial charge is 0.305 e. The first-order valence-corrected chi connectivity index (χ1v) is 17.1. The predicted octanol–water partition coefficient (Wildman–Crippen LogP) is 6.03. The number of benzene rings is 3. The van der Waals surface area contributed by atoms with Crippen molar-refractivity contribution in [3.63, 3.8) is 0 Å². The molecule has 3 amide bonds. The summed E-state index contributed by atoms with van der Waals surface area (Å²) in [6.45, 7) is -0.284. The zero-order valence-corrected chi connectivity index (χ0v) is 26.7. The van der Waals surface area contributed by atoms with Gasteiger partial charge >= 0.3 is 4.87 Å². The number of thioether (sulfide) groups is 1. The zero-order chi connectivity index (χ0) is 31.0. The number of aromatic amines is 1. The fraction of sp³-hybridized carbons (Fsp3) is 0.273. The Labute approximate surface area is 273 Å². The minimum absolute atomic E-state index is 0.0140. The van der Waals surface area contributed by atoms with Gasteiger partial charge in [0.25, 0.3) is 5.91 Å². The molecule has 0 spiro atoms. The monoisotopic (exact) mass is 705 g/mol. The molecule has 2 N–H and O–H groups in total. The van der Waals surface area contributed by atoms with Crippen molar-refractivity contribution in [3.05, 3.63) is 103 Å². The molecule has 45 heavy (non-hydrogen) atoms. The number of para-hydroxylation sites is 1. The second kappa shape index (κ2) is 11.0. The molecule has 8 rings (SSSR count).